The van der Waals surface area contributed by atoms with Crippen molar-refractivity contribution in [1.82, 2.24) is 25.6 Å². The molecule has 0 unspecified atom stereocenters. The predicted molar refractivity (Wildman–Crippen MR) is 94.1 cm³/mol. The van der Waals surface area contributed by atoms with Crippen LogP contribution >= 0.6 is 0 Å². The van der Waals surface area contributed by atoms with E-state index >= 15 is 0 Å². The molecule has 1 aromatic heterocycles. The molecule has 6 nitrogen and oxygen atoms in total. The van der Waals surface area contributed by atoms with E-state index in [4.69, 9.17) is 0 Å². The number of amides is 1. The number of hydrazine groups is 1. The van der Waals surface area contributed by atoms with Crippen molar-refractivity contribution in [2.75, 3.05) is 39.3 Å². The Kier molecular flexibility index (Phi) is 6.57. The van der Waals surface area contributed by atoms with Gasteiger partial charge in [0.05, 0.1) is 0 Å². The summed E-state index contributed by atoms with van der Waals surface area (Å²) in [6.45, 7) is 6.79. The second-order valence-corrected chi connectivity index (χ2v) is 6.89. The van der Waals surface area contributed by atoms with E-state index in [1.165, 1.54) is 5.56 Å². The summed E-state index contributed by atoms with van der Waals surface area (Å²) in [5.74, 6) is 1.01. The molecule has 0 radical (unpaired) electrons. The number of aromatic nitrogens is 1. The lowest BCUT2D eigenvalue weighted by Gasteiger charge is -2.22. The van der Waals surface area contributed by atoms with Crippen molar-refractivity contribution < 1.29 is 4.79 Å². The largest absolute Gasteiger partial charge is 0.341 e. The lowest BCUT2D eigenvalue weighted by atomic mass is 10.0. The Morgan fingerprint density at radius 2 is 1.92 bits per heavy atom. The van der Waals surface area contributed by atoms with Crippen LogP contribution in [0.15, 0.2) is 24.5 Å². The highest BCUT2D eigenvalue weighted by Crippen LogP contribution is 2.13. The van der Waals surface area contributed by atoms with Crippen LogP contribution < -0.4 is 10.9 Å². The fourth-order valence-electron chi connectivity index (χ4n) is 3.53. The predicted octanol–water partition coefficient (Wildman–Crippen LogP) is 1.01. The van der Waals surface area contributed by atoms with Crippen LogP contribution in [0.1, 0.15) is 31.2 Å². The number of nitrogens with zero attached hydrogens (tertiary/aromatic N) is 3. The van der Waals surface area contributed by atoms with Crippen molar-refractivity contribution in [3.8, 4) is 0 Å². The van der Waals surface area contributed by atoms with Crippen LogP contribution in [-0.2, 0) is 11.3 Å². The molecule has 0 atom stereocenters. The summed E-state index contributed by atoms with van der Waals surface area (Å²) in [4.78, 5) is 21.0. The van der Waals surface area contributed by atoms with Crippen LogP contribution in [-0.4, -0.2) is 60.0 Å². The van der Waals surface area contributed by atoms with E-state index in [0.29, 0.717) is 18.2 Å². The van der Waals surface area contributed by atoms with Crippen molar-refractivity contribution in [2.45, 2.75) is 32.2 Å². The van der Waals surface area contributed by atoms with Gasteiger partial charge in [0.25, 0.3) is 0 Å². The molecule has 24 heavy (non-hydrogen) atoms. The first kappa shape index (κ1) is 17.3. The number of nitrogens with one attached hydrogen (secondary N) is 2. The Labute approximate surface area is 144 Å². The lowest BCUT2D eigenvalue weighted by Crippen LogP contribution is -2.35. The van der Waals surface area contributed by atoms with Crippen molar-refractivity contribution >= 4 is 5.91 Å². The zero-order valence-corrected chi connectivity index (χ0v) is 14.4. The molecule has 3 rings (SSSR count). The molecule has 0 aliphatic carbocycles. The van der Waals surface area contributed by atoms with Crippen molar-refractivity contribution in [2.24, 2.45) is 5.92 Å². The summed E-state index contributed by atoms with van der Waals surface area (Å²) in [5, 5.41) is 0. The zero-order valence-electron chi connectivity index (χ0n) is 14.4. The minimum absolute atomic E-state index is 0.333. The maximum Gasteiger partial charge on any atom is 0.222 e. The average Bonchev–Trinajstić information content (AvgIpc) is 3.01. The van der Waals surface area contributed by atoms with Gasteiger partial charge in [0.1, 0.15) is 0 Å². The lowest BCUT2D eigenvalue weighted by molar-refractivity contribution is -0.131. The van der Waals surface area contributed by atoms with Crippen LogP contribution in [0.5, 0.6) is 0 Å². The van der Waals surface area contributed by atoms with Crippen molar-refractivity contribution in [3.63, 3.8) is 0 Å². The molecule has 0 spiro atoms. The highest BCUT2D eigenvalue weighted by Gasteiger charge is 2.20. The maximum absolute atomic E-state index is 12.5. The molecule has 3 heterocycles. The van der Waals surface area contributed by atoms with E-state index < -0.39 is 0 Å². The molecule has 0 aromatic carbocycles. The first-order valence-corrected chi connectivity index (χ1v) is 9.16. The number of hydrogen-bond acceptors (Lipinski definition) is 5. The highest BCUT2D eigenvalue weighted by molar-refractivity contribution is 5.76. The van der Waals surface area contributed by atoms with Crippen molar-refractivity contribution in [1.29, 1.82) is 0 Å². The van der Waals surface area contributed by atoms with Crippen LogP contribution in [0.4, 0.5) is 0 Å². The maximum atomic E-state index is 12.5. The SMILES string of the molecule is O=C(CCCC1CNNC1)N1CCCN(Cc2ccncc2)CC1. The van der Waals surface area contributed by atoms with E-state index in [9.17, 15) is 4.79 Å². The third kappa shape index (κ3) is 5.26. The molecule has 6 heteroatoms. The second kappa shape index (κ2) is 9.11. The Morgan fingerprint density at radius 1 is 1.12 bits per heavy atom. The first-order valence-electron chi connectivity index (χ1n) is 9.16. The van der Waals surface area contributed by atoms with Gasteiger partial charge in [-0.15, -0.1) is 0 Å². The summed E-state index contributed by atoms with van der Waals surface area (Å²) in [5.41, 5.74) is 7.60. The quantitative estimate of drug-likeness (QED) is 0.815. The van der Waals surface area contributed by atoms with E-state index in [-0.39, 0.29) is 0 Å². The molecule has 2 saturated heterocycles. The third-order valence-electron chi connectivity index (χ3n) is 5.01. The second-order valence-electron chi connectivity index (χ2n) is 6.89. The minimum atomic E-state index is 0.333. The van der Waals surface area contributed by atoms with Crippen LogP contribution in [0.3, 0.4) is 0 Å². The van der Waals surface area contributed by atoms with Gasteiger partial charge in [0.15, 0.2) is 0 Å². The molecule has 2 fully saturated rings. The number of carbonyl (C=O) groups is 1. The fourth-order valence-corrected chi connectivity index (χ4v) is 3.53. The van der Waals surface area contributed by atoms with E-state index in [1.807, 2.05) is 12.4 Å². The molecule has 2 N–H and O–H groups in total. The molecule has 1 aromatic rings. The van der Waals surface area contributed by atoms with Gasteiger partial charge >= 0.3 is 0 Å². The summed E-state index contributed by atoms with van der Waals surface area (Å²) < 4.78 is 0. The van der Waals surface area contributed by atoms with Crippen LogP contribution in [0.25, 0.3) is 0 Å². The minimum Gasteiger partial charge on any atom is -0.341 e. The average molecular weight is 331 g/mol. The fraction of sp³-hybridized carbons (Fsp3) is 0.667. The van der Waals surface area contributed by atoms with E-state index in [2.05, 4.69) is 37.8 Å². The molecular formula is C18H29N5O. The summed E-state index contributed by atoms with van der Waals surface area (Å²) >= 11 is 0. The molecule has 0 saturated carbocycles. The van der Waals surface area contributed by atoms with E-state index in [1.54, 1.807) is 0 Å². The van der Waals surface area contributed by atoms with Gasteiger partial charge in [-0.3, -0.25) is 25.5 Å². The number of rotatable bonds is 6. The summed E-state index contributed by atoms with van der Waals surface area (Å²) in [7, 11) is 0. The summed E-state index contributed by atoms with van der Waals surface area (Å²) in [6, 6.07) is 4.14. The number of pyridine rings is 1. The molecule has 0 bridgehead atoms. The van der Waals surface area contributed by atoms with Gasteiger partial charge in [0.2, 0.25) is 5.91 Å². The van der Waals surface area contributed by atoms with Gasteiger partial charge in [-0.2, -0.15) is 0 Å². The van der Waals surface area contributed by atoms with Crippen LogP contribution in [0.2, 0.25) is 0 Å². The molecule has 2 aliphatic heterocycles. The van der Waals surface area contributed by atoms with Gasteiger partial charge < -0.3 is 4.90 Å². The van der Waals surface area contributed by atoms with Gasteiger partial charge in [-0.25, -0.2) is 0 Å². The van der Waals surface area contributed by atoms with Crippen molar-refractivity contribution in [3.05, 3.63) is 30.1 Å². The Morgan fingerprint density at radius 3 is 2.71 bits per heavy atom. The monoisotopic (exact) mass is 331 g/mol. The summed E-state index contributed by atoms with van der Waals surface area (Å²) in [6.07, 6.45) is 7.59. The molecule has 132 valence electrons. The van der Waals surface area contributed by atoms with Gasteiger partial charge in [-0.1, -0.05) is 0 Å². The number of carbonyl (C=O) groups excluding carboxylic acids is 1. The molecule has 1 amide bonds. The molecule has 2 aliphatic rings. The standard InChI is InChI=1S/C18H29N5O/c24-18(4-1-3-17-13-20-21-14-17)23-10-2-9-22(11-12-23)15-16-5-7-19-8-6-16/h5-8,17,20-21H,1-4,9-15H2. The smallest absolute Gasteiger partial charge is 0.222 e. The van der Waals surface area contributed by atoms with E-state index in [0.717, 1.165) is 65.1 Å². The third-order valence-corrected chi connectivity index (χ3v) is 5.01. The van der Waals surface area contributed by atoms with Crippen LogP contribution in [0, 0.1) is 5.92 Å². The number of hydrogen-bond donors (Lipinski definition) is 2. The Bertz CT molecular complexity index is 503. The topological polar surface area (TPSA) is 60.5 Å². The normalized spacial score (nSPS) is 20.2. The highest BCUT2D eigenvalue weighted by atomic mass is 16.2. The first-order chi connectivity index (χ1) is 11.8. The Balaban J connectivity index is 1.38. The molecular weight excluding hydrogens is 302 g/mol. The van der Waals surface area contributed by atoms with Gasteiger partial charge in [0, 0.05) is 64.6 Å². The zero-order chi connectivity index (χ0) is 16.6. The van der Waals surface area contributed by atoms with Gasteiger partial charge in [-0.05, 0) is 42.9 Å². The Hall–Kier alpha value is -1.50.